The Morgan fingerprint density at radius 3 is 2.44 bits per heavy atom. The number of aliphatic imine (C=N–C) groups is 1. The van der Waals surface area contributed by atoms with Gasteiger partial charge in [0.1, 0.15) is 11.5 Å². The van der Waals surface area contributed by atoms with E-state index in [2.05, 4.69) is 24.8 Å². The van der Waals surface area contributed by atoms with Crippen molar-refractivity contribution in [3.05, 3.63) is 53.7 Å². The molecule has 3 rings (SSSR count). The maximum absolute atomic E-state index is 13.2. The van der Waals surface area contributed by atoms with Crippen LogP contribution in [0.2, 0.25) is 0 Å². The number of halogens is 1. The number of rotatable bonds is 5. The van der Waals surface area contributed by atoms with Gasteiger partial charge in [0.05, 0.1) is 0 Å². The molecule has 1 aliphatic rings. The molecule has 0 atom stereocenters. The minimum atomic E-state index is -0.257. The van der Waals surface area contributed by atoms with Crippen LogP contribution in [0.15, 0.2) is 52.9 Å². The number of anilines is 1. The van der Waals surface area contributed by atoms with Crippen molar-refractivity contribution in [1.82, 2.24) is 14.9 Å². The van der Waals surface area contributed by atoms with Gasteiger partial charge in [-0.2, -0.15) is 0 Å². The van der Waals surface area contributed by atoms with Gasteiger partial charge in [-0.25, -0.2) is 9.37 Å². The molecule has 1 aromatic carbocycles. The van der Waals surface area contributed by atoms with E-state index in [1.54, 1.807) is 31.6 Å². The van der Waals surface area contributed by atoms with Crippen molar-refractivity contribution in [2.24, 2.45) is 10.7 Å². The van der Waals surface area contributed by atoms with E-state index in [9.17, 15) is 4.39 Å². The fourth-order valence-electron chi connectivity index (χ4n) is 3.16. The molecule has 1 aromatic heterocycles. The minimum absolute atomic E-state index is 0.257. The summed E-state index contributed by atoms with van der Waals surface area (Å²) in [6, 6.07) is 6.38. The van der Waals surface area contributed by atoms with Crippen molar-refractivity contribution >= 4 is 12.0 Å². The molecule has 1 fully saturated rings. The highest BCUT2D eigenvalue weighted by Crippen LogP contribution is 2.27. The largest absolute Gasteiger partial charge is 0.402 e. The summed E-state index contributed by atoms with van der Waals surface area (Å²) in [5.41, 5.74) is 9.46. The smallest absolute Gasteiger partial charge is 0.155 e. The van der Waals surface area contributed by atoms with Gasteiger partial charge in [0.15, 0.2) is 5.82 Å². The summed E-state index contributed by atoms with van der Waals surface area (Å²) in [6.45, 7) is 6.17. The molecule has 7 heteroatoms. The van der Waals surface area contributed by atoms with Gasteiger partial charge in [-0.15, -0.1) is 0 Å². The van der Waals surface area contributed by atoms with Gasteiger partial charge in [-0.3, -0.25) is 14.9 Å². The van der Waals surface area contributed by atoms with Crippen molar-refractivity contribution in [3.63, 3.8) is 0 Å². The second-order valence-corrected chi connectivity index (χ2v) is 6.59. The van der Waals surface area contributed by atoms with E-state index in [0.29, 0.717) is 0 Å². The maximum atomic E-state index is 13.2. The van der Waals surface area contributed by atoms with Crippen molar-refractivity contribution in [3.8, 4) is 11.3 Å². The van der Waals surface area contributed by atoms with Gasteiger partial charge in [-0.05, 0) is 31.2 Å². The lowest BCUT2D eigenvalue weighted by atomic mass is 10.1. The molecule has 0 aliphatic carbocycles. The van der Waals surface area contributed by atoms with E-state index in [1.807, 2.05) is 13.1 Å². The van der Waals surface area contributed by atoms with Gasteiger partial charge in [0.25, 0.3) is 0 Å². The van der Waals surface area contributed by atoms with Gasteiger partial charge >= 0.3 is 0 Å². The fraction of sp³-hybridized carbons (Fsp3) is 0.350. The molecule has 1 saturated heterocycles. The third-order valence-corrected chi connectivity index (χ3v) is 4.65. The third kappa shape index (κ3) is 4.68. The molecule has 0 bridgehead atoms. The van der Waals surface area contributed by atoms with Gasteiger partial charge < -0.3 is 10.6 Å². The van der Waals surface area contributed by atoms with Crippen LogP contribution in [0.4, 0.5) is 10.2 Å². The van der Waals surface area contributed by atoms with Crippen LogP contribution in [0.25, 0.3) is 11.3 Å². The first-order chi connectivity index (χ1) is 13.1. The number of nitrogens with zero attached hydrogens (tertiary/aromatic N) is 5. The van der Waals surface area contributed by atoms with Crippen molar-refractivity contribution < 1.29 is 4.39 Å². The molecule has 142 valence electrons. The summed E-state index contributed by atoms with van der Waals surface area (Å²) in [4.78, 5) is 17.7. The second-order valence-electron chi connectivity index (χ2n) is 6.59. The zero-order chi connectivity index (χ0) is 19.2. The Balaban J connectivity index is 1.72. The molecule has 0 amide bonds. The number of hydrogen-bond acceptors (Lipinski definition) is 6. The van der Waals surface area contributed by atoms with E-state index in [4.69, 9.17) is 5.73 Å². The first-order valence-corrected chi connectivity index (χ1v) is 9.00. The Morgan fingerprint density at radius 1 is 1.15 bits per heavy atom. The summed E-state index contributed by atoms with van der Waals surface area (Å²) in [7, 11) is 1.76. The summed E-state index contributed by atoms with van der Waals surface area (Å²) < 4.78 is 13.2. The SMILES string of the molecule is CN=C/C(CN1CCN(c2nccnc2-c2ccc(F)cc2)CC1)=C(/C)N. The average Bonchev–Trinajstić information content (AvgIpc) is 2.69. The van der Waals surface area contributed by atoms with Crippen molar-refractivity contribution in [1.29, 1.82) is 0 Å². The minimum Gasteiger partial charge on any atom is -0.402 e. The topological polar surface area (TPSA) is 70.6 Å². The molecule has 6 nitrogen and oxygen atoms in total. The summed E-state index contributed by atoms with van der Waals surface area (Å²) >= 11 is 0. The molecular weight excluding hydrogens is 343 g/mol. The van der Waals surface area contributed by atoms with Gasteiger partial charge in [-0.1, -0.05) is 0 Å². The van der Waals surface area contributed by atoms with Crippen LogP contribution in [0.3, 0.4) is 0 Å². The fourth-order valence-corrected chi connectivity index (χ4v) is 3.16. The molecule has 27 heavy (non-hydrogen) atoms. The van der Waals surface area contributed by atoms with Gasteiger partial charge in [0, 0.05) is 75.2 Å². The Labute approximate surface area is 159 Å². The van der Waals surface area contributed by atoms with Crippen LogP contribution in [-0.2, 0) is 0 Å². The van der Waals surface area contributed by atoms with Crippen molar-refractivity contribution in [2.45, 2.75) is 6.92 Å². The summed E-state index contributed by atoms with van der Waals surface area (Å²) in [6.07, 6.45) is 5.20. The van der Waals surface area contributed by atoms with Crippen LogP contribution >= 0.6 is 0 Å². The Morgan fingerprint density at radius 2 is 1.81 bits per heavy atom. The standard InChI is InChI=1S/C20H25FN6/c1-15(22)17(13-23-2)14-26-9-11-27(12-10-26)20-19(24-7-8-25-20)16-3-5-18(21)6-4-16/h3-8,13H,9-12,14,22H2,1-2H3/b17-15+,23-13?. The third-order valence-electron chi connectivity index (χ3n) is 4.65. The molecule has 0 saturated carbocycles. The van der Waals surface area contributed by atoms with Crippen LogP contribution in [0.1, 0.15) is 6.92 Å². The summed E-state index contributed by atoms with van der Waals surface area (Å²) in [5.74, 6) is 0.581. The maximum Gasteiger partial charge on any atom is 0.155 e. The number of nitrogens with two attached hydrogens (primary N) is 1. The molecule has 0 radical (unpaired) electrons. The number of aromatic nitrogens is 2. The van der Waals surface area contributed by atoms with Gasteiger partial charge in [0.2, 0.25) is 0 Å². The van der Waals surface area contributed by atoms with Crippen LogP contribution in [-0.4, -0.2) is 60.9 Å². The van der Waals surface area contributed by atoms with Crippen LogP contribution in [0.5, 0.6) is 0 Å². The second kappa shape index (κ2) is 8.73. The number of allylic oxidation sites excluding steroid dienone is 1. The number of piperazine rings is 1. The predicted octanol–water partition coefficient (Wildman–Crippen LogP) is 2.34. The van der Waals surface area contributed by atoms with E-state index >= 15 is 0 Å². The van der Waals surface area contributed by atoms with E-state index in [-0.39, 0.29) is 5.82 Å². The Kier molecular flexibility index (Phi) is 6.13. The lowest BCUT2D eigenvalue weighted by Gasteiger charge is -2.36. The predicted molar refractivity (Wildman–Crippen MR) is 107 cm³/mol. The van der Waals surface area contributed by atoms with E-state index < -0.39 is 0 Å². The average molecular weight is 368 g/mol. The first-order valence-electron chi connectivity index (χ1n) is 9.00. The Bertz CT molecular complexity index is 819. The van der Waals surface area contributed by atoms with Crippen LogP contribution in [0, 0.1) is 5.82 Å². The molecule has 0 unspecified atom stereocenters. The van der Waals surface area contributed by atoms with Crippen LogP contribution < -0.4 is 10.6 Å². The number of benzene rings is 1. The zero-order valence-electron chi connectivity index (χ0n) is 15.8. The highest BCUT2D eigenvalue weighted by Gasteiger charge is 2.22. The van der Waals surface area contributed by atoms with E-state index in [0.717, 1.165) is 61.1 Å². The normalized spacial score (nSPS) is 16.6. The molecular formula is C20H25FN6. The van der Waals surface area contributed by atoms with Crippen molar-refractivity contribution in [2.75, 3.05) is 44.7 Å². The molecule has 2 heterocycles. The zero-order valence-corrected chi connectivity index (χ0v) is 15.8. The molecule has 2 N–H and O–H groups in total. The monoisotopic (exact) mass is 368 g/mol. The molecule has 1 aliphatic heterocycles. The lowest BCUT2D eigenvalue weighted by molar-refractivity contribution is 0.280. The van der Waals surface area contributed by atoms with E-state index in [1.165, 1.54) is 12.1 Å². The highest BCUT2D eigenvalue weighted by atomic mass is 19.1. The number of hydrogen-bond donors (Lipinski definition) is 1. The quantitative estimate of drug-likeness (QED) is 0.821. The molecule has 2 aromatic rings. The Hall–Kier alpha value is -2.80. The summed E-state index contributed by atoms with van der Waals surface area (Å²) in [5, 5.41) is 0. The molecule has 0 spiro atoms. The lowest BCUT2D eigenvalue weighted by Crippen LogP contribution is -2.47. The first kappa shape index (κ1) is 19.0. The highest BCUT2D eigenvalue weighted by molar-refractivity contribution is 5.79.